The van der Waals surface area contributed by atoms with E-state index in [0.717, 1.165) is 23.5 Å². The zero-order valence-electron chi connectivity index (χ0n) is 16.5. The summed E-state index contributed by atoms with van der Waals surface area (Å²) in [6.45, 7) is 7.56. The van der Waals surface area contributed by atoms with Crippen molar-refractivity contribution in [3.8, 4) is 5.75 Å². The largest absolute Gasteiger partial charge is 0.486 e. The second-order valence-corrected chi connectivity index (χ2v) is 7.07. The van der Waals surface area contributed by atoms with Crippen LogP contribution in [-0.4, -0.2) is 27.6 Å². The van der Waals surface area contributed by atoms with Crippen LogP contribution >= 0.6 is 11.6 Å². The Morgan fingerprint density at radius 2 is 1.93 bits per heavy atom. The van der Waals surface area contributed by atoms with Gasteiger partial charge in [0.2, 0.25) is 0 Å². The predicted octanol–water partition coefficient (Wildman–Crippen LogP) is 4.62. The number of nitrogens with zero attached hydrogens (tertiary/aromatic N) is 3. The summed E-state index contributed by atoms with van der Waals surface area (Å²) >= 11 is 5.86. The second kappa shape index (κ2) is 8.52. The molecule has 2 heterocycles. The number of carbonyl (C=O) groups excluding carboxylic acids is 1. The summed E-state index contributed by atoms with van der Waals surface area (Å²) in [5, 5.41) is 5.16. The van der Waals surface area contributed by atoms with E-state index in [1.54, 1.807) is 48.3 Å². The third-order valence-electron chi connectivity index (χ3n) is 4.64. The summed E-state index contributed by atoms with van der Waals surface area (Å²) in [5.74, 6) is 1.37. The lowest BCUT2D eigenvalue weighted by Gasteiger charge is -2.16. The number of aryl methyl sites for hydroxylation is 2. The number of rotatable bonds is 7. The molecule has 3 aromatic rings. The van der Waals surface area contributed by atoms with Crippen LogP contribution in [0.4, 0.5) is 0 Å². The Kier molecular flexibility index (Phi) is 6.09. The third-order valence-corrected chi connectivity index (χ3v) is 4.89. The molecule has 0 unspecified atom stereocenters. The van der Waals surface area contributed by atoms with Crippen molar-refractivity contribution in [3.05, 3.63) is 69.9 Å². The fraction of sp³-hybridized carbons (Fsp3) is 0.333. The van der Waals surface area contributed by atoms with Gasteiger partial charge < -0.3 is 14.1 Å². The van der Waals surface area contributed by atoms with Crippen LogP contribution in [0.15, 0.2) is 40.8 Å². The fourth-order valence-corrected chi connectivity index (χ4v) is 3.15. The van der Waals surface area contributed by atoms with Gasteiger partial charge in [0.25, 0.3) is 5.91 Å². The minimum absolute atomic E-state index is 0.180. The maximum atomic E-state index is 12.7. The van der Waals surface area contributed by atoms with Crippen molar-refractivity contribution in [2.75, 3.05) is 7.05 Å². The molecule has 0 saturated heterocycles. The van der Waals surface area contributed by atoms with Crippen molar-refractivity contribution >= 4 is 17.5 Å². The maximum absolute atomic E-state index is 12.7. The zero-order valence-corrected chi connectivity index (χ0v) is 17.3. The Balaban J connectivity index is 1.63. The molecule has 7 heteroatoms. The van der Waals surface area contributed by atoms with Gasteiger partial charge in [-0.2, -0.15) is 5.10 Å². The first-order valence-corrected chi connectivity index (χ1v) is 9.52. The Bertz CT molecular complexity index is 960. The van der Waals surface area contributed by atoms with Crippen LogP contribution in [-0.2, 0) is 19.7 Å². The average Bonchev–Trinajstić information content (AvgIpc) is 3.26. The van der Waals surface area contributed by atoms with E-state index in [4.69, 9.17) is 20.8 Å². The minimum atomic E-state index is -0.180. The molecule has 0 aliphatic carbocycles. The molecule has 0 atom stereocenters. The Morgan fingerprint density at radius 1 is 1.21 bits per heavy atom. The van der Waals surface area contributed by atoms with Gasteiger partial charge >= 0.3 is 0 Å². The molecule has 0 radical (unpaired) electrons. The van der Waals surface area contributed by atoms with E-state index in [-0.39, 0.29) is 18.3 Å². The Hall–Kier alpha value is -2.73. The van der Waals surface area contributed by atoms with Gasteiger partial charge in [-0.15, -0.1) is 0 Å². The molecule has 1 aromatic carbocycles. The van der Waals surface area contributed by atoms with Gasteiger partial charge in [0.1, 0.15) is 18.1 Å². The molecular formula is C21H24ClN3O3. The fourth-order valence-electron chi connectivity index (χ4n) is 3.02. The summed E-state index contributed by atoms with van der Waals surface area (Å²) in [6.07, 6.45) is 0. The molecule has 0 aliphatic rings. The van der Waals surface area contributed by atoms with Crippen molar-refractivity contribution in [1.82, 2.24) is 14.7 Å². The molecule has 2 aromatic heterocycles. The van der Waals surface area contributed by atoms with Crippen LogP contribution in [0.25, 0.3) is 0 Å². The first-order chi connectivity index (χ1) is 13.4. The highest BCUT2D eigenvalue weighted by molar-refractivity contribution is 6.30. The summed E-state index contributed by atoms with van der Waals surface area (Å²) < 4.78 is 13.3. The second-order valence-electron chi connectivity index (χ2n) is 6.63. The van der Waals surface area contributed by atoms with Crippen LogP contribution in [0.1, 0.15) is 40.2 Å². The van der Waals surface area contributed by atoms with Crippen molar-refractivity contribution in [2.24, 2.45) is 0 Å². The Labute approximate surface area is 169 Å². The lowest BCUT2D eigenvalue weighted by molar-refractivity contribution is 0.0749. The highest BCUT2D eigenvalue weighted by atomic mass is 35.5. The molecule has 0 fully saturated rings. The first-order valence-electron chi connectivity index (χ1n) is 9.14. The average molecular weight is 402 g/mol. The molecule has 28 heavy (non-hydrogen) atoms. The van der Waals surface area contributed by atoms with Crippen LogP contribution in [0.3, 0.4) is 0 Å². The quantitative estimate of drug-likeness (QED) is 0.579. The number of amides is 1. The molecule has 0 saturated carbocycles. The monoisotopic (exact) mass is 401 g/mol. The summed E-state index contributed by atoms with van der Waals surface area (Å²) in [7, 11) is 1.76. The standard InChI is InChI=1S/C21H24ClN3O3/c1-5-25-15(3)19(14(2)23-25)12-24(4)21(26)20-11-10-18(28-20)13-27-17-8-6-16(22)7-9-17/h6-11H,5,12-13H2,1-4H3. The number of halogens is 1. The van der Waals surface area contributed by atoms with Crippen LogP contribution in [0.5, 0.6) is 5.75 Å². The molecule has 0 N–H and O–H groups in total. The lowest BCUT2D eigenvalue weighted by Crippen LogP contribution is -2.26. The Morgan fingerprint density at radius 3 is 2.57 bits per heavy atom. The molecule has 6 nitrogen and oxygen atoms in total. The van der Waals surface area contributed by atoms with E-state index < -0.39 is 0 Å². The van der Waals surface area contributed by atoms with E-state index in [1.165, 1.54) is 0 Å². The van der Waals surface area contributed by atoms with E-state index >= 15 is 0 Å². The van der Waals surface area contributed by atoms with Crippen molar-refractivity contribution in [2.45, 2.75) is 40.5 Å². The van der Waals surface area contributed by atoms with Crippen LogP contribution in [0.2, 0.25) is 5.02 Å². The normalized spacial score (nSPS) is 10.9. The van der Waals surface area contributed by atoms with Gasteiger partial charge in [0.15, 0.2) is 5.76 Å². The van der Waals surface area contributed by atoms with Crippen LogP contribution < -0.4 is 4.74 Å². The number of hydrogen-bond donors (Lipinski definition) is 0. The van der Waals surface area contributed by atoms with Gasteiger partial charge in [-0.05, 0) is 57.2 Å². The van der Waals surface area contributed by atoms with E-state index in [9.17, 15) is 4.79 Å². The van der Waals surface area contributed by atoms with E-state index in [1.807, 2.05) is 18.5 Å². The number of benzene rings is 1. The third kappa shape index (κ3) is 4.39. The molecule has 148 valence electrons. The molecular weight excluding hydrogens is 378 g/mol. The molecule has 1 amide bonds. The van der Waals surface area contributed by atoms with Crippen molar-refractivity contribution < 1.29 is 13.9 Å². The number of aromatic nitrogens is 2. The number of furan rings is 1. The van der Waals surface area contributed by atoms with Crippen molar-refractivity contribution in [1.29, 1.82) is 0 Å². The summed E-state index contributed by atoms with van der Waals surface area (Å²) in [5.41, 5.74) is 3.09. The molecule has 0 bridgehead atoms. The van der Waals surface area contributed by atoms with Gasteiger partial charge in [0.05, 0.1) is 5.69 Å². The zero-order chi connectivity index (χ0) is 20.3. The molecule has 3 rings (SSSR count). The highest BCUT2D eigenvalue weighted by Gasteiger charge is 2.20. The lowest BCUT2D eigenvalue weighted by atomic mass is 10.2. The molecule has 0 aliphatic heterocycles. The van der Waals surface area contributed by atoms with Gasteiger partial charge in [0, 0.05) is 36.4 Å². The van der Waals surface area contributed by atoms with Crippen LogP contribution in [0, 0.1) is 13.8 Å². The van der Waals surface area contributed by atoms with Gasteiger partial charge in [-0.25, -0.2) is 0 Å². The molecule has 0 spiro atoms. The SMILES string of the molecule is CCn1nc(C)c(CN(C)C(=O)c2ccc(COc3ccc(Cl)cc3)o2)c1C. The first kappa shape index (κ1) is 20.0. The van der Waals surface area contributed by atoms with E-state index in [2.05, 4.69) is 12.0 Å². The number of carbonyl (C=O) groups is 1. The summed E-state index contributed by atoms with van der Waals surface area (Å²) in [6, 6.07) is 10.5. The van der Waals surface area contributed by atoms with Gasteiger partial charge in [-0.1, -0.05) is 11.6 Å². The number of ether oxygens (including phenoxy) is 1. The van der Waals surface area contributed by atoms with Gasteiger partial charge in [-0.3, -0.25) is 9.48 Å². The number of hydrogen-bond acceptors (Lipinski definition) is 4. The van der Waals surface area contributed by atoms with Crippen molar-refractivity contribution in [3.63, 3.8) is 0 Å². The minimum Gasteiger partial charge on any atom is -0.486 e. The smallest absolute Gasteiger partial charge is 0.289 e. The predicted molar refractivity (Wildman–Crippen MR) is 108 cm³/mol. The topological polar surface area (TPSA) is 60.5 Å². The highest BCUT2D eigenvalue weighted by Crippen LogP contribution is 2.20. The summed E-state index contributed by atoms with van der Waals surface area (Å²) in [4.78, 5) is 14.4. The maximum Gasteiger partial charge on any atom is 0.289 e. The van der Waals surface area contributed by atoms with E-state index in [0.29, 0.717) is 23.1 Å².